The van der Waals surface area contributed by atoms with Crippen molar-refractivity contribution in [2.75, 3.05) is 0 Å². The number of aliphatic hydroxyl groups is 1. The summed E-state index contributed by atoms with van der Waals surface area (Å²) in [4.78, 5) is 1.03. The van der Waals surface area contributed by atoms with Crippen LogP contribution in [0.2, 0.25) is 0 Å². The van der Waals surface area contributed by atoms with E-state index in [0.29, 0.717) is 0 Å². The van der Waals surface area contributed by atoms with Gasteiger partial charge in [0.1, 0.15) is 0 Å². The van der Waals surface area contributed by atoms with Crippen molar-refractivity contribution in [2.45, 2.75) is 6.61 Å². The Kier molecular flexibility index (Phi) is 2.43. The zero-order valence-corrected chi connectivity index (χ0v) is 7.92. The summed E-state index contributed by atoms with van der Waals surface area (Å²) in [5, 5.41) is 11.1. The topological polar surface area (TPSA) is 20.2 Å². The van der Waals surface area contributed by atoms with Crippen LogP contribution in [-0.4, -0.2) is 5.11 Å². The van der Waals surface area contributed by atoms with Crippen LogP contribution >= 0.6 is 11.3 Å². The van der Waals surface area contributed by atoms with Crippen LogP contribution in [-0.2, 0) is 6.61 Å². The van der Waals surface area contributed by atoms with Gasteiger partial charge in [0.05, 0.1) is 6.61 Å². The standard InChI is InChI=1S/C11H10OS/c12-8-11-10(6-7-13-11)9-4-2-1-3-5-9/h1-7,12H,8H2. The molecule has 0 unspecified atom stereocenters. The highest BCUT2D eigenvalue weighted by molar-refractivity contribution is 7.10. The van der Waals surface area contributed by atoms with Crippen molar-refractivity contribution in [2.24, 2.45) is 0 Å². The fourth-order valence-corrected chi connectivity index (χ4v) is 2.09. The van der Waals surface area contributed by atoms with Gasteiger partial charge >= 0.3 is 0 Å². The fourth-order valence-electron chi connectivity index (χ4n) is 1.34. The minimum Gasteiger partial charge on any atom is -0.391 e. The van der Waals surface area contributed by atoms with Gasteiger partial charge in [0.25, 0.3) is 0 Å². The van der Waals surface area contributed by atoms with Crippen molar-refractivity contribution in [3.8, 4) is 11.1 Å². The number of aliphatic hydroxyl groups excluding tert-OH is 1. The third-order valence-corrected chi connectivity index (χ3v) is 2.88. The molecular formula is C11H10OS. The molecule has 1 nitrogen and oxygen atoms in total. The van der Waals surface area contributed by atoms with Gasteiger partial charge in [0, 0.05) is 4.88 Å². The van der Waals surface area contributed by atoms with E-state index in [1.165, 1.54) is 5.56 Å². The average molecular weight is 190 g/mol. The lowest BCUT2D eigenvalue weighted by molar-refractivity contribution is 0.286. The first-order chi connectivity index (χ1) is 6.42. The summed E-state index contributed by atoms with van der Waals surface area (Å²) in [5.74, 6) is 0. The van der Waals surface area contributed by atoms with Crippen LogP contribution in [0.4, 0.5) is 0 Å². The Morgan fingerprint density at radius 1 is 1.08 bits per heavy atom. The van der Waals surface area contributed by atoms with Gasteiger partial charge in [-0.2, -0.15) is 0 Å². The highest BCUT2D eigenvalue weighted by atomic mass is 32.1. The average Bonchev–Trinajstić information content (AvgIpc) is 2.67. The number of hydrogen-bond donors (Lipinski definition) is 1. The molecule has 2 aromatic rings. The Morgan fingerprint density at radius 2 is 1.85 bits per heavy atom. The Bertz CT molecular complexity index is 378. The van der Waals surface area contributed by atoms with E-state index in [-0.39, 0.29) is 6.61 Å². The van der Waals surface area contributed by atoms with Crippen LogP contribution in [0.5, 0.6) is 0 Å². The van der Waals surface area contributed by atoms with E-state index in [0.717, 1.165) is 10.4 Å². The normalized spacial score (nSPS) is 10.2. The summed E-state index contributed by atoms with van der Waals surface area (Å²) in [7, 11) is 0. The highest BCUT2D eigenvalue weighted by Gasteiger charge is 2.03. The van der Waals surface area contributed by atoms with E-state index in [9.17, 15) is 0 Å². The smallest absolute Gasteiger partial charge is 0.0780 e. The molecule has 0 amide bonds. The van der Waals surface area contributed by atoms with Crippen molar-refractivity contribution < 1.29 is 5.11 Å². The van der Waals surface area contributed by atoms with E-state index >= 15 is 0 Å². The van der Waals surface area contributed by atoms with E-state index < -0.39 is 0 Å². The molecule has 1 N–H and O–H groups in total. The van der Waals surface area contributed by atoms with E-state index in [1.54, 1.807) is 11.3 Å². The molecule has 0 fully saturated rings. The molecule has 1 aromatic carbocycles. The Hall–Kier alpha value is -1.12. The predicted octanol–water partition coefficient (Wildman–Crippen LogP) is 2.91. The maximum absolute atomic E-state index is 9.08. The zero-order valence-electron chi connectivity index (χ0n) is 7.10. The first-order valence-electron chi connectivity index (χ1n) is 4.14. The molecule has 0 atom stereocenters. The number of thiophene rings is 1. The molecule has 2 heteroatoms. The molecule has 0 saturated heterocycles. The van der Waals surface area contributed by atoms with Gasteiger partial charge in [-0.05, 0) is 22.6 Å². The Labute approximate surface area is 81.3 Å². The zero-order chi connectivity index (χ0) is 9.10. The lowest BCUT2D eigenvalue weighted by Crippen LogP contribution is -1.81. The van der Waals surface area contributed by atoms with Crippen molar-refractivity contribution in [3.05, 3.63) is 46.7 Å². The molecular weight excluding hydrogens is 180 g/mol. The molecule has 0 aliphatic carbocycles. The lowest BCUT2D eigenvalue weighted by atomic mass is 10.1. The minimum atomic E-state index is 0.127. The first-order valence-corrected chi connectivity index (χ1v) is 5.02. The second kappa shape index (κ2) is 3.73. The number of rotatable bonds is 2. The fraction of sp³-hybridized carbons (Fsp3) is 0.0909. The number of benzene rings is 1. The largest absolute Gasteiger partial charge is 0.391 e. The quantitative estimate of drug-likeness (QED) is 0.772. The summed E-state index contributed by atoms with van der Waals surface area (Å²) >= 11 is 1.59. The van der Waals surface area contributed by atoms with Crippen LogP contribution in [0.15, 0.2) is 41.8 Å². The van der Waals surface area contributed by atoms with Crippen LogP contribution in [0.3, 0.4) is 0 Å². The maximum atomic E-state index is 9.08. The van der Waals surface area contributed by atoms with Crippen LogP contribution in [0.25, 0.3) is 11.1 Å². The van der Waals surface area contributed by atoms with Gasteiger partial charge in [-0.1, -0.05) is 30.3 Å². The second-order valence-corrected chi connectivity index (χ2v) is 3.78. The Balaban J connectivity index is 2.47. The van der Waals surface area contributed by atoms with Crippen molar-refractivity contribution in [1.82, 2.24) is 0 Å². The van der Waals surface area contributed by atoms with E-state index in [1.807, 2.05) is 29.6 Å². The van der Waals surface area contributed by atoms with Crippen LogP contribution < -0.4 is 0 Å². The van der Waals surface area contributed by atoms with Crippen molar-refractivity contribution in [1.29, 1.82) is 0 Å². The molecule has 0 saturated carbocycles. The van der Waals surface area contributed by atoms with Crippen LogP contribution in [0, 0.1) is 0 Å². The van der Waals surface area contributed by atoms with E-state index in [4.69, 9.17) is 5.11 Å². The van der Waals surface area contributed by atoms with E-state index in [2.05, 4.69) is 12.1 Å². The molecule has 1 heterocycles. The van der Waals surface area contributed by atoms with Crippen molar-refractivity contribution >= 4 is 11.3 Å². The van der Waals surface area contributed by atoms with Gasteiger partial charge in [0.2, 0.25) is 0 Å². The molecule has 0 aliphatic rings. The second-order valence-electron chi connectivity index (χ2n) is 2.78. The molecule has 1 aromatic heterocycles. The summed E-state index contributed by atoms with van der Waals surface area (Å²) in [5.41, 5.74) is 2.32. The SMILES string of the molecule is OCc1sccc1-c1ccccc1. The van der Waals surface area contributed by atoms with Gasteiger partial charge < -0.3 is 5.11 Å². The summed E-state index contributed by atoms with van der Waals surface area (Å²) in [6, 6.07) is 12.2. The molecule has 13 heavy (non-hydrogen) atoms. The summed E-state index contributed by atoms with van der Waals surface area (Å²) in [6.45, 7) is 0.127. The molecule has 2 rings (SSSR count). The molecule has 0 spiro atoms. The van der Waals surface area contributed by atoms with Crippen molar-refractivity contribution in [3.63, 3.8) is 0 Å². The summed E-state index contributed by atoms with van der Waals surface area (Å²) in [6.07, 6.45) is 0. The van der Waals surface area contributed by atoms with Crippen LogP contribution in [0.1, 0.15) is 4.88 Å². The molecule has 66 valence electrons. The molecule has 0 aliphatic heterocycles. The number of hydrogen-bond acceptors (Lipinski definition) is 2. The Morgan fingerprint density at radius 3 is 2.54 bits per heavy atom. The third-order valence-electron chi connectivity index (χ3n) is 1.97. The monoisotopic (exact) mass is 190 g/mol. The first kappa shape index (κ1) is 8.48. The highest BCUT2D eigenvalue weighted by Crippen LogP contribution is 2.27. The predicted molar refractivity (Wildman–Crippen MR) is 55.7 cm³/mol. The molecule has 0 bridgehead atoms. The third kappa shape index (κ3) is 1.64. The van der Waals surface area contributed by atoms with Gasteiger partial charge in [-0.25, -0.2) is 0 Å². The molecule has 0 radical (unpaired) electrons. The lowest BCUT2D eigenvalue weighted by Gasteiger charge is -1.99. The van der Waals surface area contributed by atoms with Gasteiger partial charge in [-0.15, -0.1) is 11.3 Å². The minimum absolute atomic E-state index is 0.127. The summed E-state index contributed by atoms with van der Waals surface area (Å²) < 4.78 is 0. The van der Waals surface area contributed by atoms with Gasteiger partial charge in [-0.3, -0.25) is 0 Å². The maximum Gasteiger partial charge on any atom is 0.0780 e. The van der Waals surface area contributed by atoms with Gasteiger partial charge in [0.15, 0.2) is 0 Å².